The molecule has 3 aromatic carbocycles. The Bertz CT molecular complexity index is 1780. The van der Waals surface area contributed by atoms with Crippen LogP contribution in [0.25, 0.3) is 0 Å². The lowest BCUT2D eigenvalue weighted by Gasteiger charge is -2.58. The molecule has 0 aromatic heterocycles. The van der Waals surface area contributed by atoms with Gasteiger partial charge in [0.2, 0.25) is 5.79 Å². The second kappa shape index (κ2) is 19.0. The maximum Gasteiger partial charge on any atom is 0.230 e. The van der Waals surface area contributed by atoms with Crippen molar-refractivity contribution >= 4 is 17.5 Å². The molecule has 3 aromatic rings. The number of rotatable bonds is 19. The molecule has 1 aliphatic heterocycles. The minimum Gasteiger partial charge on any atom is -0.489 e. The van der Waals surface area contributed by atoms with Crippen LogP contribution < -0.4 is 9.47 Å². The third-order valence-corrected chi connectivity index (χ3v) is 13.6. The number of thioether (sulfide) groups is 1. The standard InChI is InChI=1S/C46H56FNO6S/c1-2-26-52-46-43(55-36-18-7-8-19-36)29-41(48-53-30-32-14-4-3-5-15-32)38-27-33(16-10-12-24-49)37(20-11-13-25-50)44(45(38)46)39-28-35(22-23-42(39)54-46)51-31-34-17-6-9-21-40(34)47/h2-6,9,14-15,17,21-23,27-28,33,36-37,43-45,49-50H,1,7-8,10-13,16,18-20,24-26,29-31H2/t33-,37+,43-,44+,45+,46+/m0/s1. The first-order valence-electron chi connectivity index (χ1n) is 20.3. The van der Waals surface area contributed by atoms with E-state index in [1.807, 2.05) is 54.2 Å². The summed E-state index contributed by atoms with van der Waals surface area (Å²) in [6.07, 6.45) is 14.7. The number of hydrogen-bond donors (Lipinski definition) is 2. The fourth-order valence-corrected chi connectivity index (χ4v) is 11.1. The fraction of sp³-hybridized carbons (Fsp3) is 0.500. The number of unbranched alkanes of at least 4 members (excludes halogenated alkanes) is 2. The summed E-state index contributed by atoms with van der Waals surface area (Å²) in [5, 5.41) is 25.1. The molecule has 7 nitrogen and oxygen atoms in total. The third-order valence-electron chi connectivity index (χ3n) is 11.9. The van der Waals surface area contributed by atoms with Gasteiger partial charge >= 0.3 is 0 Å². The number of allylic oxidation sites excluding steroid dienone is 1. The van der Waals surface area contributed by atoms with Crippen molar-refractivity contribution in [2.75, 3.05) is 19.8 Å². The van der Waals surface area contributed by atoms with Crippen LogP contribution in [-0.4, -0.2) is 52.0 Å². The van der Waals surface area contributed by atoms with Gasteiger partial charge < -0.3 is 29.3 Å². The number of hydrogen-bond acceptors (Lipinski definition) is 8. The van der Waals surface area contributed by atoms with Gasteiger partial charge in [-0.05, 0) is 85.8 Å². The van der Waals surface area contributed by atoms with Crippen LogP contribution in [0.5, 0.6) is 11.5 Å². The molecule has 2 saturated carbocycles. The first kappa shape index (κ1) is 39.6. The summed E-state index contributed by atoms with van der Waals surface area (Å²) < 4.78 is 35.4. The Balaban J connectivity index is 1.36. The van der Waals surface area contributed by atoms with E-state index in [2.05, 4.69) is 30.9 Å². The van der Waals surface area contributed by atoms with Gasteiger partial charge in [0.25, 0.3) is 0 Å². The van der Waals surface area contributed by atoms with Crippen molar-refractivity contribution in [3.05, 3.63) is 120 Å². The van der Waals surface area contributed by atoms with Crippen LogP contribution in [-0.2, 0) is 22.8 Å². The van der Waals surface area contributed by atoms with Crippen LogP contribution in [0.1, 0.15) is 93.2 Å². The number of aliphatic hydroxyl groups excluding tert-OH is 2. The van der Waals surface area contributed by atoms with E-state index >= 15 is 0 Å². The third kappa shape index (κ3) is 9.01. The monoisotopic (exact) mass is 769 g/mol. The molecule has 9 heteroatoms. The van der Waals surface area contributed by atoms with E-state index in [0.717, 1.165) is 66.7 Å². The highest BCUT2D eigenvalue weighted by Gasteiger charge is 2.64. The lowest BCUT2D eigenvalue weighted by atomic mass is 9.56. The van der Waals surface area contributed by atoms with Gasteiger partial charge in [-0.3, -0.25) is 0 Å². The Hall–Kier alpha value is -3.63. The number of ether oxygens (including phenoxy) is 3. The number of aliphatic hydroxyl groups is 2. The van der Waals surface area contributed by atoms with Gasteiger partial charge in [-0.25, -0.2) is 4.39 Å². The Labute approximate surface area is 330 Å². The van der Waals surface area contributed by atoms with E-state index in [4.69, 9.17) is 24.2 Å². The number of benzene rings is 3. The van der Waals surface area contributed by atoms with Crippen LogP contribution in [0.2, 0.25) is 0 Å². The zero-order chi connectivity index (χ0) is 38.0. The number of nitrogens with zero attached hydrogens (tertiary/aromatic N) is 1. The molecule has 0 amide bonds. The highest BCUT2D eigenvalue weighted by atomic mass is 32.2. The van der Waals surface area contributed by atoms with Crippen LogP contribution in [0, 0.1) is 23.6 Å². The number of halogens is 1. The lowest BCUT2D eigenvalue weighted by molar-refractivity contribution is -0.223. The molecule has 0 unspecified atom stereocenters. The molecule has 294 valence electrons. The maximum atomic E-state index is 14.7. The molecule has 0 spiro atoms. The molecule has 2 N–H and O–H groups in total. The number of fused-ring (bicyclic) bond motifs is 2. The van der Waals surface area contributed by atoms with Gasteiger partial charge in [-0.1, -0.05) is 91.5 Å². The van der Waals surface area contributed by atoms with Gasteiger partial charge in [0.05, 0.1) is 23.5 Å². The van der Waals surface area contributed by atoms with E-state index in [-0.39, 0.29) is 54.6 Å². The highest BCUT2D eigenvalue weighted by molar-refractivity contribution is 8.00. The molecular formula is C46H56FNO6S. The second-order valence-electron chi connectivity index (χ2n) is 15.4. The average molecular weight is 770 g/mol. The highest BCUT2D eigenvalue weighted by Crippen LogP contribution is 2.63. The van der Waals surface area contributed by atoms with Crippen LogP contribution in [0.15, 0.2) is 102 Å². The van der Waals surface area contributed by atoms with E-state index in [0.29, 0.717) is 36.2 Å². The van der Waals surface area contributed by atoms with Gasteiger partial charge in [0, 0.05) is 41.9 Å². The summed E-state index contributed by atoms with van der Waals surface area (Å²) in [6.45, 7) is 5.17. The Kier molecular flexibility index (Phi) is 13.7. The molecule has 7 rings (SSSR count). The van der Waals surface area contributed by atoms with Crippen molar-refractivity contribution < 1.29 is 33.7 Å². The van der Waals surface area contributed by atoms with Gasteiger partial charge in [-0.15, -0.1) is 18.3 Å². The van der Waals surface area contributed by atoms with Crippen molar-refractivity contribution in [1.82, 2.24) is 0 Å². The van der Waals surface area contributed by atoms with Gasteiger partial charge in [-0.2, -0.15) is 0 Å². The zero-order valence-electron chi connectivity index (χ0n) is 31.8. The Morgan fingerprint density at radius 1 is 0.927 bits per heavy atom. The SMILES string of the molecule is C=CCO[C@@]12Oc3ccc(OCc4ccccc4F)cc3[C@H]3[C@H](CCCCO)[C@@H](CCCCO)C=C(C(=NOCc4ccccc4)C[C@@H]1SC1CCCC1)[C@H]32. The second-order valence-corrected chi connectivity index (χ2v) is 16.9. The zero-order valence-corrected chi connectivity index (χ0v) is 32.6. The summed E-state index contributed by atoms with van der Waals surface area (Å²) in [7, 11) is 0. The molecule has 0 saturated heterocycles. The maximum absolute atomic E-state index is 14.7. The van der Waals surface area contributed by atoms with Crippen LogP contribution in [0.3, 0.4) is 0 Å². The molecule has 0 radical (unpaired) electrons. The van der Waals surface area contributed by atoms with Gasteiger partial charge in [0.1, 0.15) is 30.5 Å². The van der Waals surface area contributed by atoms with Crippen molar-refractivity contribution in [3.8, 4) is 11.5 Å². The topological polar surface area (TPSA) is 89.7 Å². The molecule has 2 fully saturated rings. The van der Waals surface area contributed by atoms with Crippen molar-refractivity contribution in [1.29, 1.82) is 0 Å². The summed E-state index contributed by atoms with van der Waals surface area (Å²) in [5.74, 6) is 0.284. The Morgan fingerprint density at radius 3 is 2.45 bits per heavy atom. The molecule has 6 atom stereocenters. The quantitative estimate of drug-likeness (QED) is 0.0713. The number of oxime groups is 1. The largest absolute Gasteiger partial charge is 0.489 e. The Morgan fingerprint density at radius 2 is 1.69 bits per heavy atom. The van der Waals surface area contributed by atoms with E-state index in [9.17, 15) is 14.6 Å². The van der Waals surface area contributed by atoms with Gasteiger partial charge in [0.15, 0.2) is 0 Å². The molecule has 1 heterocycles. The molecule has 0 bridgehead atoms. The van der Waals surface area contributed by atoms with E-state index in [1.165, 1.54) is 31.7 Å². The van der Waals surface area contributed by atoms with Crippen molar-refractivity contribution in [2.45, 2.75) is 106 Å². The first-order chi connectivity index (χ1) is 27.0. The van der Waals surface area contributed by atoms with Crippen molar-refractivity contribution in [2.24, 2.45) is 22.9 Å². The van der Waals surface area contributed by atoms with Crippen molar-refractivity contribution in [3.63, 3.8) is 0 Å². The predicted molar refractivity (Wildman–Crippen MR) is 217 cm³/mol. The first-order valence-corrected chi connectivity index (χ1v) is 21.2. The molecule has 4 aliphatic rings. The smallest absolute Gasteiger partial charge is 0.230 e. The minimum absolute atomic E-state index is 0.0327. The molecule has 55 heavy (non-hydrogen) atoms. The molecular weight excluding hydrogens is 714 g/mol. The summed E-state index contributed by atoms with van der Waals surface area (Å²) in [4.78, 5) is 6.20. The summed E-state index contributed by atoms with van der Waals surface area (Å²) in [5.41, 5.74) is 4.66. The lowest BCUT2D eigenvalue weighted by Crippen LogP contribution is -2.64. The minimum atomic E-state index is -0.996. The summed E-state index contributed by atoms with van der Waals surface area (Å²) >= 11 is 1.99. The van der Waals surface area contributed by atoms with Crippen LogP contribution in [0.4, 0.5) is 4.39 Å². The van der Waals surface area contributed by atoms with E-state index < -0.39 is 5.79 Å². The predicted octanol–water partition coefficient (Wildman–Crippen LogP) is 9.91. The van der Waals surface area contributed by atoms with Crippen LogP contribution >= 0.6 is 11.8 Å². The normalized spacial score (nSPS) is 26.5. The van der Waals surface area contributed by atoms with E-state index in [1.54, 1.807) is 12.1 Å². The fourth-order valence-electron chi connectivity index (χ4n) is 9.33. The molecule has 3 aliphatic carbocycles. The average Bonchev–Trinajstić information content (AvgIpc) is 3.73. The summed E-state index contributed by atoms with van der Waals surface area (Å²) in [6, 6.07) is 22.9.